The molecule has 170 valence electrons. The summed E-state index contributed by atoms with van der Waals surface area (Å²) in [7, 11) is 0. The maximum Gasteiger partial charge on any atom is 0.274 e. The molecule has 0 spiro atoms. The SMILES string of the molecule is CCN(CC)CCOc1cccnc1C1CC(c2ccccc2)=NN1C(=O)c1ccccc1. The summed E-state index contributed by atoms with van der Waals surface area (Å²) in [5.41, 5.74) is 3.20. The second-order valence-electron chi connectivity index (χ2n) is 7.91. The summed E-state index contributed by atoms with van der Waals surface area (Å²) in [5.74, 6) is 0.552. The van der Waals surface area contributed by atoms with Gasteiger partial charge in [0, 0.05) is 24.7 Å². The minimum atomic E-state index is -0.336. The van der Waals surface area contributed by atoms with Gasteiger partial charge >= 0.3 is 0 Å². The van der Waals surface area contributed by atoms with Gasteiger partial charge in [0.2, 0.25) is 0 Å². The summed E-state index contributed by atoms with van der Waals surface area (Å²) >= 11 is 0. The topological polar surface area (TPSA) is 58.0 Å². The van der Waals surface area contributed by atoms with Crippen molar-refractivity contribution in [3.63, 3.8) is 0 Å². The van der Waals surface area contributed by atoms with Gasteiger partial charge in [-0.1, -0.05) is 62.4 Å². The van der Waals surface area contributed by atoms with E-state index in [2.05, 4.69) is 23.7 Å². The van der Waals surface area contributed by atoms with Gasteiger partial charge in [-0.15, -0.1) is 0 Å². The van der Waals surface area contributed by atoms with Crippen molar-refractivity contribution in [3.8, 4) is 5.75 Å². The number of ether oxygens (including phenoxy) is 1. The highest BCUT2D eigenvalue weighted by atomic mass is 16.5. The Bertz CT molecular complexity index is 1080. The number of amides is 1. The molecule has 3 aromatic rings. The zero-order valence-corrected chi connectivity index (χ0v) is 19.2. The Morgan fingerprint density at radius 2 is 1.70 bits per heavy atom. The number of carbonyl (C=O) groups is 1. The van der Waals surface area contributed by atoms with E-state index in [4.69, 9.17) is 9.84 Å². The minimum Gasteiger partial charge on any atom is -0.490 e. The predicted octanol–water partition coefficient (Wildman–Crippen LogP) is 4.79. The lowest BCUT2D eigenvalue weighted by Crippen LogP contribution is -2.29. The van der Waals surface area contributed by atoms with Crippen LogP contribution in [0, 0.1) is 0 Å². The number of hydrogen-bond donors (Lipinski definition) is 0. The average molecular weight is 443 g/mol. The van der Waals surface area contributed by atoms with Crippen molar-refractivity contribution >= 4 is 11.6 Å². The summed E-state index contributed by atoms with van der Waals surface area (Å²) < 4.78 is 6.17. The van der Waals surface area contributed by atoms with E-state index in [-0.39, 0.29) is 11.9 Å². The van der Waals surface area contributed by atoms with Crippen LogP contribution in [0.15, 0.2) is 84.1 Å². The molecule has 1 unspecified atom stereocenters. The lowest BCUT2D eigenvalue weighted by atomic mass is 10.0. The van der Waals surface area contributed by atoms with Crippen LogP contribution >= 0.6 is 0 Å². The second-order valence-corrected chi connectivity index (χ2v) is 7.91. The summed E-state index contributed by atoms with van der Waals surface area (Å²) in [5, 5.41) is 6.33. The summed E-state index contributed by atoms with van der Waals surface area (Å²) in [6.45, 7) is 7.66. The van der Waals surface area contributed by atoms with Crippen LogP contribution in [0.2, 0.25) is 0 Å². The molecule has 0 bridgehead atoms. The van der Waals surface area contributed by atoms with Crippen LogP contribution < -0.4 is 4.74 Å². The molecule has 0 saturated carbocycles. The average Bonchev–Trinajstić information content (AvgIpc) is 3.33. The molecule has 1 aliphatic heterocycles. The summed E-state index contributed by atoms with van der Waals surface area (Å²) in [6, 6.07) is 22.7. The van der Waals surface area contributed by atoms with Crippen molar-refractivity contribution in [2.45, 2.75) is 26.3 Å². The maximum absolute atomic E-state index is 13.4. The first kappa shape index (κ1) is 22.7. The quantitative estimate of drug-likeness (QED) is 0.478. The molecular weight excluding hydrogens is 412 g/mol. The Morgan fingerprint density at radius 1 is 1.00 bits per heavy atom. The molecule has 1 aliphatic rings. The fourth-order valence-corrected chi connectivity index (χ4v) is 4.03. The molecule has 0 fully saturated rings. The zero-order chi connectivity index (χ0) is 23.0. The molecule has 6 heteroatoms. The van der Waals surface area contributed by atoms with Crippen LogP contribution in [0.4, 0.5) is 0 Å². The van der Waals surface area contributed by atoms with Crippen molar-refractivity contribution in [1.82, 2.24) is 14.9 Å². The first-order valence-electron chi connectivity index (χ1n) is 11.5. The number of benzene rings is 2. The van der Waals surface area contributed by atoms with Gasteiger partial charge in [0.15, 0.2) is 0 Å². The van der Waals surface area contributed by atoms with Crippen molar-refractivity contribution in [2.24, 2.45) is 5.10 Å². The zero-order valence-electron chi connectivity index (χ0n) is 19.2. The Labute approximate surface area is 195 Å². The number of hydrazone groups is 1. The van der Waals surface area contributed by atoms with Crippen LogP contribution in [0.1, 0.15) is 47.9 Å². The highest BCUT2D eigenvalue weighted by molar-refractivity contribution is 6.05. The van der Waals surface area contributed by atoms with Crippen molar-refractivity contribution < 1.29 is 9.53 Å². The molecule has 4 rings (SSSR count). The van der Waals surface area contributed by atoms with E-state index < -0.39 is 0 Å². The number of aromatic nitrogens is 1. The normalized spacial score (nSPS) is 15.5. The molecule has 1 amide bonds. The Balaban J connectivity index is 1.63. The Hall–Kier alpha value is -3.51. The van der Waals surface area contributed by atoms with E-state index in [0.717, 1.165) is 36.6 Å². The molecule has 6 nitrogen and oxygen atoms in total. The van der Waals surface area contributed by atoms with E-state index in [1.807, 2.05) is 72.8 Å². The fourth-order valence-electron chi connectivity index (χ4n) is 4.03. The maximum atomic E-state index is 13.4. The van der Waals surface area contributed by atoms with E-state index in [1.54, 1.807) is 11.2 Å². The molecular formula is C27H30N4O2. The van der Waals surface area contributed by atoms with Crippen molar-refractivity contribution in [2.75, 3.05) is 26.2 Å². The number of rotatable bonds is 9. The smallest absolute Gasteiger partial charge is 0.274 e. The molecule has 2 heterocycles. The van der Waals surface area contributed by atoms with E-state index >= 15 is 0 Å². The molecule has 1 atom stereocenters. The highest BCUT2D eigenvalue weighted by Crippen LogP contribution is 2.37. The molecule has 33 heavy (non-hydrogen) atoms. The molecule has 0 N–H and O–H groups in total. The summed E-state index contributed by atoms with van der Waals surface area (Å²) in [6.07, 6.45) is 2.32. The van der Waals surface area contributed by atoms with Crippen LogP contribution in [0.25, 0.3) is 0 Å². The first-order valence-corrected chi connectivity index (χ1v) is 11.5. The third kappa shape index (κ3) is 5.29. The van der Waals surface area contributed by atoms with Crippen molar-refractivity contribution in [1.29, 1.82) is 0 Å². The standard InChI is InChI=1S/C27H30N4O2/c1-3-30(4-2)18-19-33-25-16-11-17-28-26(25)24-20-23(21-12-7-5-8-13-21)29-31(24)27(32)22-14-9-6-10-15-22/h5-17,24H,3-4,18-20H2,1-2H3. The van der Waals surface area contributed by atoms with Crippen LogP contribution in [-0.4, -0.2) is 52.8 Å². The Kier molecular flexibility index (Phi) is 7.47. The molecule has 2 aromatic carbocycles. The van der Waals surface area contributed by atoms with E-state index in [0.29, 0.717) is 24.3 Å². The van der Waals surface area contributed by atoms with Crippen LogP contribution in [-0.2, 0) is 0 Å². The number of nitrogens with zero attached hydrogens (tertiary/aromatic N) is 4. The van der Waals surface area contributed by atoms with Gasteiger partial charge in [0.25, 0.3) is 5.91 Å². The van der Waals surface area contributed by atoms with Crippen LogP contribution in [0.3, 0.4) is 0 Å². The lowest BCUT2D eigenvalue weighted by Gasteiger charge is -2.24. The van der Waals surface area contributed by atoms with Gasteiger partial charge in [0.05, 0.1) is 5.71 Å². The van der Waals surface area contributed by atoms with Gasteiger partial charge in [-0.25, -0.2) is 5.01 Å². The largest absolute Gasteiger partial charge is 0.490 e. The molecule has 0 aliphatic carbocycles. The lowest BCUT2D eigenvalue weighted by molar-refractivity contribution is 0.0705. The first-order chi connectivity index (χ1) is 16.2. The highest BCUT2D eigenvalue weighted by Gasteiger charge is 2.36. The van der Waals surface area contributed by atoms with Gasteiger partial charge < -0.3 is 9.64 Å². The number of pyridine rings is 1. The third-order valence-corrected chi connectivity index (χ3v) is 5.92. The number of hydrogen-bond acceptors (Lipinski definition) is 5. The summed E-state index contributed by atoms with van der Waals surface area (Å²) in [4.78, 5) is 20.4. The van der Waals surface area contributed by atoms with E-state index in [9.17, 15) is 4.79 Å². The molecule has 1 aromatic heterocycles. The fraction of sp³-hybridized carbons (Fsp3) is 0.296. The van der Waals surface area contributed by atoms with Gasteiger partial charge in [-0.05, 0) is 42.9 Å². The predicted molar refractivity (Wildman–Crippen MR) is 130 cm³/mol. The molecule has 0 radical (unpaired) electrons. The monoisotopic (exact) mass is 442 g/mol. The Morgan fingerprint density at radius 3 is 2.39 bits per heavy atom. The number of carbonyl (C=O) groups excluding carboxylic acids is 1. The number of likely N-dealkylation sites (N-methyl/N-ethyl adjacent to an activating group) is 1. The van der Waals surface area contributed by atoms with E-state index in [1.165, 1.54) is 0 Å². The van der Waals surface area contributed by atoms with Crippen molar-refractivity contribution in [3.05, 3.63) is 95.8 Å². The molecule has 0 saturated heterocycles. The van der Waals surface area contributed by atoms with Gasteiger partial charge in [0.1, 0.15) is 24.1 Å². The third-order valence-electron chi connectivity index (χ3n) is 5.92. The minimum absolute atomic E-state index is 0.147. The second kappa shape index (κ2) is 10.9. The van der Waals surface area contributed by atoms with Crippen LogP contribution in [0.5, 0.6) is 5.75 Å². The van der Waals surface area contributed by atoms with Gasteiger partial charge in [-0.2, -0.15) is 5.10 Å². The van der Waals surface area contributed by atoms with Gasteiger partial charge in [-0.3, -0.25) is 9.78 Å².